The Morgan fingerprint density at radius 3 is 2.55 bits per heavy atom. The van der Waals surface area contributed by atoms with Crippen molar-refractivity contribution in [2.45, 2.75) is 50.5 Å². The Balaban J connectivity index is 2.06. The topological polar surface area (TPSA) is 39.9 Å². The number of anilines is 1. The van der Waals surface area contributed by atoms with Crippen molar-refractivity contribution < 1.29 is 0 Å². The summed E-state index contributed by atoms with van der Waals surface area (Å²) in [6, 6.07) is 2.43. The predicted octanol–water partition coefficient (Wildman–Crippen LogP) is 4.10. The maximum atomic E-state index is 9.66. The number of rotatable bonds is 4. The van der Waals surface area contributed by atoms with Gasteiger partial charge in [-0.15, -0.1) is 11.8 Å². The molecule has 4 heteroatoms. The van der Waals surface area contributed by atoms with Crippen molar-refractivity contribution >= 4 is 17.6 Å². The minimum Gasteiger partial charge on any atom is -0.356 e. The third kappa shape index (κ3) is 3.01. The van der Waals surface area contributed by atoms with Gasteiger partial charge >= 0.3 is 0 Å². The first-order chi connectivity index (χ1) is 10.7. The van der Waals surface area contributed by atoms with Crippen LogP contribution in [0.3, 0.4) is 0 Å². The molecule has 1 aromatic rings. The van der Waals surface area contributed by atoms with E-state index in [1.165, 1.54) is 36.8 Å². The fourth-order valence-electron chi connectivity index (χ4n) is 3.38. The van der Waals surface area contributed by atoms with E-state index in [-0.39, 0.29) is 0 Å². The Morgan fingerprint density at radius 2 is 1.91 bits per heavy atom. The van der Waals surface area contributed by atoms with Crippen molar-refractivity contribution in [1.82, 2.24) is 4.98 Å². The lowest BCUT2D eigenvalue weighted by molar-refractivity contribution is 0.671. The van der Waals surface area contributed by atoms with E-state index >= 15 is 0 Å². The van der Waals surface area contributed by atoms with Crippen molar-refractivity contribution in [2.24, 2.45) is 0 Å². The Bertz CT molecular complexity index is 624. The minimum absolute atomic E-state index is 0.823. The fourth-order valence-corrected chi connectivity index (χ4v) is 4.23. The SMILES string of the molecule is C=C(C)CSc1nc(N2CCCC2)c2c(c1C#N)CCCC2. The molecule has 1 aromatic heterocycles. The molecule has 0 bridgehead atoms. The van der Waals surface area contributed by atoms with Crippen LogP contribution >= 0.6 is 11.8 Å². The maximum Gasteiger partial charge on any atom is 0.133 e. The second kappa shape index (κ2) is 6.75. The fraction of sp³-hybridized carbons (Fsp3) is 0.556. The Labute approximate surface area is 137 Å². The van der Waals surface area contributed by atoms with Gasteiger partial charge in [0.05, 0.1) is 5.56 Å². The molecule has 2 heterocycles. The molecule has 0 saturated carbocycles. The van der Waals surface area contributed by atoms with Gasteiger partial charge in [0.2, 0.25) is 0 Å². The molecular weight excluding hydrogens is 290 g/mol. The molecule has 0 amide bonds. The molecule has 0 spiro atoms. The number of hydrogen-bond donors (Lipinski definition) is 0. The summed E-state index contributed by atoms with van der Waals surface area (Å²) in [7, 11) is 0. The lowest BCUT2D eigenvalue weighted by Crippen LogP contribution is -2.23. The minimum atomic E-state index is 0.823. The molecular formula is C18H23N3S. The molecule has 116 valence electrons. The molecule has 1 aliphatic heterocycles. The summed E-state index contributed by atoms with van der Waals surface area (Å²) in [6.45, 7) is 8.21. The van der Waals surface area contributed by atoms with Crippen LogP contribution in [-0.2, 0) is 12.8 Å². The molecule has 0 unspecified atom stereocenters. The smallest absolute Gasteiger partial charge is 0.133 e. The van der Waals surface area contributed by atoms with Crippen molar-refractivity contribution in [3.8, 4) is 6.07 Å². The van der Waals surface area contributed by atoms with Crippen LogP contribution in [-0.4, -0.2) is 23.8 Å². The second-order valence-electron chi connectivity index (χ2n) is 6.33. The first-order valence-electron chi connectivity index (χ1n) is 8.18. The second-order valence-corrected chi connectivity index (χ2v) is 7.30. The normalized spacial score (nSPS) is 17.2. The molecule has 1 fully saturated rings. The Morgan fingerprint density at radius 1 is 1.23 bits per heavy atom. The first kappa shape index (κ1) is 15.4. The molecule has 0 atom stereocenters. The zero-order valence-electron chi connectivity index (χ0n) is 13.3. The van der Waals surface area contributed by atoms with Crippen molar-refractivity contribution in [2.75, 3.05) is 23.7 Å². The van der Waals surface area contributed by atoms with Crippen LogP contribution in [0.5, 0.6) is 0 Å². The quantitative estimate of drug-likeness (QED) is 0.620. The van der Waals surface area contributed by atoms with Crippen molar-refractivity contribution in [1.29, 1.82) is 5.26 Å². The van der Waals surface area contributed by atoms with Gasteiger partial charge in [-0.2, -0.15) is 5.26 Å². The van der Waals surface area contributed by atoms with Crippen molar-refractivity contribution in [3.05, 3.63) is 28.8 Å². The monoisotopic (exact) mass is 313 g/mol. The number of nitriles is 1. The molecule has 2 aliphatic rings. The van der Waals surface area contributed by atoms with Crippen LogP contribution in [0.4, 0.5) is 5.82 Å². The summed E-state index contributed by atoms with van der Waals surface area (Å²) in [5.41, 5.74) is 4.57. The average Bonchev–Trinajstić information content (AvgIpc) is 3.05. The number of thioether (sulfide) groups is 1. The van der Waals surface area contributed by atoms with Crippen LogP contribution in [0.1, 0.15) is 49.3 Å². The molecule has 3 rings (SSSR count). The van der Waals surface area contributed by atoms with Gasteiger partial charge in [-0.25, -0.2) is 4.98 Å². The highest BCUT2D eigenvalue weighted by atomic mass is 32.2. The van der Waals surface area contributed by atoms with E-state index in [0.29, 0.717) is 0 Å². The Kier molecular flexibility index (Phi) is 4.73. The van der Waals surface area contributed by atoms with E-state index in [4.69, 9.17) is 4.98 Å². The van der Waals surface area contributed by atoms with Gasteiger partial charge < -0.3 is 4.90 Å². The van der Waals surface area contributed by atoms with E-state index in [0.717, 1.165) is 53.7 Å². The summed E-state index contributed by atoms with van der Waals surface area (Å²) < 4.78 is 0. The highest BCUT2D eigenvalue weighted by Gasteiger charge is 2.26. The number of pyridine rings is 1. The lowest BCUT2D eigenvalue weighted by Gasteiger charge is -2.27. The largest absolute Gasteiger partial charge is 0.356 e. The number of fused-ring (bicyclic) bond motifs is 1. The van der Waals surface area contributed by atoms with Gasteiger partial charge in [0.15, 0.2) is 0 Å². The molecule has 3 nitrogen and oxygen atoms in total. The van der Waals surface area contributed by atoms with Gasteiger partial charge in [0.25, 0.3) is 0 Å². The van der Waals surface area contributed by atoms with E-state index in [1.54, 1.807) is 11.8 Å². The highest BCUT2D eigenvalue weighted by Crippen LogP contribution is 2.37. The van der Waals surface area contributed by atoms with Gasteiger partial charge in [-0.05, 0) is 56.6 Å². The van der Waals surface area contributed by atoms with Crippen molar-refractivity contribution in [3.63, 3.8) is 0 Å². The number of nitrogens with zero attached hydrogens (tertiary/aromatic N) is 3. The van der Waals surface area contributed by atoms with Crippen LogP contribution in [0.2, 0.25) is 0 Å². The summed E-state index contributed by atoms with van der Waals surface area (Å²) in [6.07, 6.45) is 7.03. The molecule has 22 heavy (non-hydrogen) atoms. The van der Waals surface area contributed by atoms with E-state index in [9.17, 15) is 5.26 Å². The zero-order chi connectivity index (χ0) is 15.5. The predicted molar refractivity (Wildman–Crippen MR) is 92.6 cm³/mol. The summed E-state index contributed by atoms with van der Waals surface area (Å²) in [5, 5.41) is 10.6. The average molecular weight is 313 g/mol. The molecule has 1 aliphatic carbocycles. The summed E-state index contributed by atoms with van der Waals surface area (Å²) in [4.78, 5) is 7.36. The van der Waals surface area contributed by atoms with Crippen LogP contribution in [0.25, 0.3) is 0 Å². The molecule has 0 N–H and O–H groups in total. The highest BCUT2D eigenvalue weighted by molar-refractivity contribution is 7.99. The standard InChI is InChI=1S/C18H23N3S/c1-13(2)12-22-18-16(11-19)14-7-3-4-8-15(14)17(20-18)21-9-5-6-10-21/h1,3-10,12H2,2H3. The van der Waals surface area contributed by atoms with E-state index in [2.05, 4.69) is 17.5 Å². The van der Waals surface area contributed by atoms with E-state index in [1.807, 2.05) is 6.92 Å². The summed E-state index contributed by atoms with van der Waals surface area (Å²) >= 11 is 1.67. The van der Waals surface area contributed by atoms with Gasteiger partial charge in [0, 0.05) is 18.8 Å². The van der Waals surface area contributed by atoms with Gasteiger partial charge in [0.1, 0.15) is 16.9 Å². The van der Waals surface area contributed by atoms with Crippen LogP contribution in [0.15, 0.2) is 17.2 Å². The molecule has 1 saturated heterocycles. The third-order valence-corrected chi connectivity index (χ3v) is 5.64. The zero-order valence-corrected chi connectivity index (χ0v) is 14.1. The van der Waals surface area contributed by atoms with Crippen LogP contribution in [0, 0.1) is 11.3 Å². The summed E-state index contributed by atoms with van der Waals surface area (Å²) in [5.74, 6) is 2.00. The van der Waals surface area contributed by atoms with Crippen LogP contribution < -0.4 is 4.90 Å². The molecule has 0 radical (unpaired) electrons. The maximum absolute atomic E-state index is 9.66. The Hall–Kier alpha value is -1.47. The van der Waals surface area contributed by atoms with Gasteiger partial charge in [-0.1, -0.05) is 12.2 Å². The number of aromatic nitrogens is 1. The third-order valence-electron chi connectivity index (χ3n) is 4.43. The first-order valence-corrected chi connectivity index (χ1v) is 9.17. The van der Waals surface area contributed by atoms with Gasteiger partial charge in [-0.3, -0.25) is 0 Å². The lowest BCUT2D eigenvalue weighted by atomic mass is 9.89. The van der Waals surface area contributed by atoms with E-state index < -0.39 is 0 Å². The number of hydrogen-bond acceptors (Lipinski definition) is 4. The molecule has 0 aromatic carbocycles.